The van der Waals surface area contributed by atoms with Crippen LogP contribution in [0.15, 0.2) is 24.3 Å². The van der Waals surface area contributed by atoms with Gasteiger partial charge in [0.15, 0.2) is 0 Å². The Kier molecular flexibility index (Phi) is 7.06. The normalized spacial score (nSPS) is 20.1. The fourth-order valence-corrected chi connectivity index (χ4v) is 4.30. The average molecular weight is 446 g/mol. The quantitative estimate of drug-likeness (QED) is 0.501. The summed E-state index contributed by atoms with van der Waals surface area (Å²) < 4.78 is 5.33. The Morgan fingerprint density at radius 3 is 2.28 bits per heavy atom. The van der Waals surface area contributed by atoms with Crippen LogP contribution in [0.25, 0.3) is 0 Å². The van der Waals surface area contributed by atoms with Crippen molar-refractivity contribution >= 4 is 23.9 Å². The predicted octanol–water partition coefficient (Wildman–Crippen LogP) is 1.39. The number of rotatable bonds is 7. The van der Waals surface area contributed by atoms with E-state index < -0.39 is 41.6 Å². The van der Waals surface area contributed by atoms with Gasteiger partial charge in [-0.15, -0.1) is 0 Å². The van der Waals surface area contributed by atoms with Gasteiger partial charge in [0.25, 0.3) is 0 Å². The summed E-state index contributed by atoms with van der Waals surface area (Å²) in [6.45, 7) is 5.66. The number of carboxylic acid groups (broad SMARTS) is 1. The van der Waals surface area contributed by atoms with Crippen molar-refractivity contribution in [2.24, 2.45) is 11.8 Å². The van der Waals surface area contributed by atoms with Gasteiger partial charge in [0, 0.05) is 12.5 Å². The molecule has 2 unspecified atom stereocenters. The number of aliphatic carboxylic acids is 1. The number of fused-ring (bicyclic) bond motifs is 1. The Labute approximate surface area is 187 Å². The third kappa shape index (κ3) is 5.99. The molecule has 2 aliphatic rings. The van der Waals surface area contributed by atoms with E-state index in [0.29, 0.717) is 25.8 Å². The van der Waals surface area contributed by atoms with Crippen molar-refractivity contribution in [1.29, 1.82) is 0 Å². The molecular formula is C23H31N3O6. The predicted molar refractivity (Wildman–Crippen MR) is 116 cm³/mol. The number of nitrogens with one attached hydrogen (secondary N) is 3. The van der Waals surface area contributed by atoms with Gasteiger partial charge >= 0.3 is 12.1 Å². The molecule has 4 N–H and O–H groups in total. The van der Waals surface area contributed by atoms with E-state index in [1.54, 1.807) is 20.8 Å². The second-order valence-corrected chi connectivity index (χ2v) is 9.47. The van der Waals surface area contributed by atoms with Crippen LogP contribution in [0.2, 0.25) is 0 Å². The molecular weight excluding hydrogens is 414 g/mol. The molecule has 3 amide bonds. The first-order valence-electron chi connectivity index (χ1n) is 10.9. The van der Waals surface area contributed by atoms with Crippen LogP contribution in [-0.4, -0.2) is 53.2 Å². The van der Waals surface area contributed by atoms with E-state index in [0.717, 1.165) is 11.1 Å². The number of benzene rings is 1. The lowest BCUT2D eigenvalue weighted by molar-refractivity contribution is -0.143. The van der Waals surface area contributed by atoms with Crippen LogP contribution >= 0.6 is 0 Å². The van der Waals surface area contributed by atoms with Crippen molar-refractivity contribution in [3.8, 4) is 0 Å². The van der Waals surface area contributed by atoms with Crippen molar-refractivity contribution in [3.05, 3.63) is 35.4 Å². The van der Waals surface area contributed by atoms with Gasteiger partial charge in [0.2, 0.25) is 11.8 Å². The lowest BCUT2D eigenvalue weighted by Crippen LogP contribution is -2.55. The third-order valence-electron chi connectivity index (χ3n) is 5.81. The lowest BCUT2D eigenvalue weighted by Gasteiger charge is -2.28. The minimum atomic E-state index is -1.23. The van der Waals surface area contributed by atoms with Crippen LogP contribution in [0.4, 0.5) is 4.79 Å². The van der Waals surface area contributed by atoms with E-state index in [1.807, 2.05) is 24.3 Å². The van der Waals surface area contributed by atoms with Crippen LogP contribution in [0.5, 0.6) is 0 Å². The molecule has 1 fully saturated rings. The zero-order valence-electron chi connectivity index (χ0n) is 18.6. The largest absolute Gasteiger partial charge is 0.480 e. The summed E-state index contributed by atoms with van der Waals surface area (Å²) in [4.78, 5) is 49.3. The maximum Gasteiger partial charge on any atom is 0.408 e. The number of amides is 3. The molecule has 174 valence electrons. The molecule has 0 spiro atoms. The number of carbonyl (C=O) groups is 4. The summed E-state index contributed by atoms with van der Waals surface area (Å²) in [5.41, 5.74) is 1.45. The van der Waals surface area contributed by atoms with Gasteiger partial charge in [-0.1, -0.05) is 24.3 Å². The molecule has 0 radical (unpaired) electrons. The van der Waals surface area contributed by atoms with Crippen molar-refractivity contribution in [3.63, 3.8) is 0 Å². The summed E-state index contributed by atoms with van der Waals surface area (Å²) in [6.07, 6.45) is 0.933. The van der Waals surface area contributed by atoms with E-state index in [1.165, 1.54) is 0 Å². The SMILES string of the molecule is CC(C)(C)OC(=O)NC(C(=O)NC(C[C@@H]1CCNC1=O)C(=O)O)C1Cc2ccccc2C1. The van der Waals surface area contributed by atoms with Crippen molar-refractivity contribution in [2.75, 3.05) is 6.54 Å². The summed E-state index contributed by atoms with van der Waals surface area (Å²) >= 11 is 0. The zero-order chi connectivity index (χ0) is 23.5. The Hall–Kier alpha value is -3.10. The Morgan fingerprint density at radius 1 is 1.16 bits per heavy atom. The number of alkyl carbamates (subject to hydrolysis) is 1. The minimum absolute atomic E-state index is 0.00302. The van der Waals surface area contributed by atoms with Crippen molar-refractivity contribution in [1.82, 2.24) is 16.0 Å². The molecule has 1 heterocycles. The number of ether oxygens (including phenoxy) is 1. The van der Waals surface area contributed by atoms with Crippen LogP contribution in [0.1, 0.15) is 44.7 Å². The summed E-state index contributed by atoms with van der Waals surface area (Å²) in [5, 5.41) is 17.5. The second-order valence-electron chi connectivity index (χ2n) is 9.47. The molecule has 1 aliphatic heterocycles. The molecule has 1 aromatic carbocycles. The molecule has 1 aliphatic carbocycles. The molecule has 3 atom stereocenters. The molecule has 1 saturated heterocycles. The monoisotopic (exact) mass is 445 g/mol. The van der Waals surface area contributed by atoms with E-state index in [4.69, 9.17) is 4.74 Å². The number of hydrogen-bond acceptors (Lipinski definition) is 5. The number of hydrogen-bond donors (Lipinski definition) is 4. The molecule has 9 nitrogen and oxygen atoms in total. The van der Waals surface area contributed by atoms with Gasteiger partial charge in [0.1, 0.15) is 17.7 Å². The minimum Gasteiger partial charge on any atom is -0.480 e. The molecule has 0 bridgehead atoms. The molecule has 3 rings (SSSR count). The van der Waals surface area contributed by atoms with Crippen LogP contribution < -0.4 is 16.0 Å². The topological polar surface area (TPSA) is 134 Å². The smallest absolute Gasteiger partial charge is 0.408 e. The average Bonchev–Trinajstić information content (AvgIpc) is 3.29. The van der Waals surface area contributed by atoms with Gasteiger partial charge in [-0.05, 0) is 63.5 Å². The van der Waals surface area contributed by atoms with Crippen LogP contribution in [0, 0.1) is 11.8 Å². The highest BCUT2D eigenvalue weighted by Crippen LogP contribution is 2.29. The van der Waals surface area contributed by atoms with Gasteiger partial charge in [0.05, 0.1) is 0 Å². The van der Waals surface area contributed by atoms with Crippen molar-refractivity contribution < 1.29 is 29.0 Å². The van der Waals surface area contributed by atoms with E-state index in [9.17, 15) is 24.3 Å². The Morgan fingerprint density at radius 2 is 1.78 bits per heavy atom. The van der Waals surface area contributed by atoms with Gasteiger partial charge in [-0.2, -0.15) is 0 Å². The molecule has 0 aromatic heterocycles. The summed E-state index contributed by atoms with van der Waals surface area (Å²) in [7, 11) is 0. The maximum absolute atomic E-state index is 13.2. The lowest BCUT2D eigenvalue weighted by atomic mass is 9.94. The van der Waals surface area contributed by atoms with Gasteiger partial charge < -0.3 is 25.8 Å². The molecule has 32 heavy (non-hydrogen) atoms. The Balaban J connectivity index is 1.75. The zero-order valence-corrected chi connectivity index (χ0v) is 18.6. The standard InChI is InChI=1S/C23H31N3O6/c1-23(2,3)32-22(31)26-18(16-10-13-6-4-5-7-14(13)11-16)20(28)25-17(21(29)30)12-15-8-9-24-19(15)27/h4-7,15-18H,8-12H2,1-3H3,(H,24,27)(H,25,28)(H,26,31)(H,29,30)/t15-,17?,18?/m0/s1. The van der Waals surface area contributed by atoms with Crippen molar-refractivity contribution in [2.45, 2.75) is 64.1 Å². The number of carboxylic acids is 1. The van der Waals surface area contributed by atoms with Gasteiger partial charge in [-0.3, -0.25) is 9.59 Å². The van der Waals surface area contributed by atoms with E-state index >= 15 is 0 Å². The fourth-order valence-electron chi connectivity index (χ4n) is 4.30. The van der Waals surface area contributed by atoms with Gasteiger partial charge in [-0.25, -0.2) is 9.59 Å². The first-order chi connectivity index (χ1) is 15.0. The van der Waals surface area contributed by atoms with E-state index in [2.05, 4.69) is 16.0 Å². The first-order valence-corrected chi connectivity index (χ1v) is 10.9. The highest BCUT2D eigenvalue weighted by molar-refractivity contribution is 5.90. The highest BCUT2D eigenvalue weighted by Gasteiger charge is 2.38. The van der Waals surface area contributed by atoms with Crippen LogP contribution in [0.3, 0.4) is 0 Å². The highest BCUT2D eigenvalue weighted by atomic mass is 16.6. The molecule has 9 heteroatoms. The summed E-state index contributed by atoms with van der Waals surface area (Å²) in [5.74, 6) is -2.74. The first kappa shape index (κ1) is 23.6. The second kappa shape index (κ2) is 9.58. The summed E-state index contributed by atoms with van der Waals surface area (Å²) in [6, 6.07) is 5.60. The van der Waals surface area contributed by atoms with Crippen LogP contribution in [-0.2, 0) is 32.0 Å². The molecule has 1 aromatic rings. The molecule has 0 saturated carbocycles. The third-order valence-corrected chi connectivity index (χ3v) is 5.81. The Bertz CT molecular complexity index is 869. The fraction of sp³-hybridized carbons (Fsp3) is 0.565. The maximum atomic E-state index is 13.2. The van der Waals surface area contributed by atoms with E-state index in [-0.39, 0.29) is 18.2 Å². The number of carbonyl (C=O) groups excluding carboxylic acids is 3.